The highest BCUT2D eigenvalue weighted by molar-refractivity contribution is 5.03. The van der Waals surface area contributed by atoms with Gasteiger partial charge in [0.15, 0.2) is 0 Å². The van der Waals surface area contributed by atoms with Gasteiger partial charge in [-0.15, -0.1) is 5.73 Å². The lowest BCUT2D eigenvalue weighted by atomic mass is 10.2. The maximum absolute atomic E-state index is 3.09. The molecular formula is C9H12. The summed E-state index contributed by atoms with van der Waals surface area (Å²) in [5.74, 6) is 0. The second-order valence-electron chi connectivity index (χ2n) is 2.25. The summed E-state index contributed by atoms with van der Waals surface area (Å²) < 4.78 is 0. The second kappa shape index (κ2) is 4.17. The van der Waals surface area contributed by atoms with Crippen molar-refractivity contribution in [1.82, 2.24) is 0 Å². The van der Waals surface area contributed by atoms with Crippen LogP contribution in [0.1, 0.15) is 25.7 Å². The van der Waals surface area contributed by atoms with Gasteiger partial charge in [0.1, 0.15) is 0 Å². The molecule has 0 amide bonds. The Morgan fingerprint density at radius 3 is 3.00 bits per heavy atom. The molecule has 0 fully saturated rings. The van der Waals surface area contributed by atoms with E-state index in [1.165, 1.54) is 25.7 Å². The zero-order valence-corrected chi connectivity index (χ0v) is 5.64. The van der Waals surface area contributed by atoms with E-state index in [4.69, 9.17) is 0 Å². The molecule has 0 radical (unpaired) electrons. The molecule has 0 spiro atoms. The fourth-order valence-corrected chi connectivity index (χ4v) is 0.880. The van der Waals surface area contributed by atoms with Crippen molar-refractivity contribution in [3.8, 4) is 0 Å². The molecule has 0 atom stereocenters. The summed E-state index contributed by atoms with van der Waals surface area (Å²) in [4.78, 5) is 0. The van der Waals surface area contributed by atoms with Crippen molar-refractivity contribution in [3.05, 3.63) is 30.0 Å². The van der Waals surface area contributed by atoms with Gasteiger partial charge in [0.05, 0.1) is 0 Å². The number of allylic oxidation sites excluding steroid dienone is 3. The molecular weight excluding hydrogens is 108 g/mol. The standard InChI is InChI=1S/C9H12/c1-2-4-6-8-9-7-5-3-1/h1-3,7H,4,6,8-9H2. The molecule has 0 saturated carbocycles. The SMILES string of the molecule is C1=CC=CCCCCC=1. The van der Waals surface area contributed by atoms with Gasteiger partial charge < -0.3 is 0 Å². The Balaban J connectivity index is 2.48. The molecule has 1 rings (SSSR count). The van der Waals surface area contributed by atoms with E-state index in [1.807, 2.05) is 6.08 Å². The maximum Gasteiger partial charge on any atom is -0.0206 e. The zero-order valence-electron chi connectivity index (χ0n) is 5.64. The predicted molar refractivity (Wildman–Crippen MR) is 40.3 cm³/mol. The van der Waals surface area contributed by atoms with Crippen molar-refractivity contribution in [2.75, 3.05) is 0 Å². The van der Waals surface area contributed by atoms with Gasteiger partial charge in [-0.25, -0.2) is 0 Å². The second-order valence-corrected chi connectivity index (χ2v) is 2.25. The van der Waals surface area contributed by atoms with Gasteiger partial charge in [-0.05, 0) is 37.8 Å². The minimum Gasteiger partial charge on any atom is -0.125 e. The van der Waals surface area contributed by atoms with Crippen LogP contribution in [0, 0.1) is 0 Å². The van der Waals surface area contributed by atoms with Crippen LogP contribution in [0.3, 0.4) is 0 Å². The maximum atomic E-state index is 3.09. The summed E-state index contributed by atoms with van der Waals surface area (Å²) in [6, 6.07) is 0. The lowest BCUT2D eigenvalue weighted by Crippen LogP contribution is -1.69. The molecule has 9 heavy (non-hydrogen) atoms. The molecule has 0 unspecified atom stereocenters. The van der Waals surface area contributed by atoms with Crippen molar-refractivity contribution in [1.29, 1.82) is 0 Å². The van der Waals surface area contributed by atoms with Gasteiger partial charge >= 0.3 is 0 Å². The fourth-order valence-electron chi connectivity index (χ4n) is 0.880. The van der Waals surface area contributed by atoms with Crippen LogP contribution < -0.4 is 0 Å². The molecule has 1 aliphatic carbocycles. The van der Waals surface area contributed by atoms with Gasteiger partial charge in [0, 0.05) is 0 Å². The summed E-state index contributed by atoms with van der Waals surface area (Å²) in [7, 11) is 0. The van der Waals surface area contributed by atoms with Crippen LogP contribution in [0.2, 0.25) is 0 Å². The van der Waals surface area contributed by atoms with Crippen LogP contribution >= 0.6 is 0 Å². The highest BCUT2D eigenvalue weighted by atomic mass is 13.9. The van der Waals surface area contributed by atoms with Gasteiger partial charge in [-0.3, -0.25) is 0 Å². The van der Waals surface area contributed by atoms with E-state index in [-0.39, 0.29) is 0 Å². The molecule has 0 bridgehead atoms. The highest BCUT2D eigenvalue weighted by Crippen LogP contribution is 2.02. The molecule has 0 heteroatoms. The van der Waals surface area contributed by atoms with E-state index in [2.05, 4.69) is 24.0 Å². The highest BCUT2D eigenvalue weighted by Gasteiger charge is 1.82. The molecule has 1 aliphatic rings. The van der Waals surface area contributed by atoms with E-state index < -0.39 is 0 Å². The first kappa shape index (κ1) is 6.38. The Bertz CT molecular complexity index is 145. The smallest absolute Gasteiger partial charge is 0.0206 e. The van der Waals surface area contributed by atoms with E-state index in [0.29, 0.717) is 0 Å². The third-order valence-electron chi connectivity index (χ3n) is 1.42. The minimum absolute atomic E-state index is 1.19. The first-order valence-electron chi connectivity index (χ1n) is 3.56. The van der Waals surface area contributed by atoms with Crippen molar-refractivity contribution in [3.63, 3.8) is 0 Å². The molecule has 0 saturated heterocycles. The first-order chi connectivity index (χ1) is 4.50. The van der Waals surface area contributed by atoms with E-state index in [9.17, 15) is 0 Å². The van der Waals surface area contributed by atoms with Crippen LogP contribution in [0.4, 0.5) is 0 Å². The normalized spacial score (nSPS) is 18.7. The van der Waals surface area contributed by atoms with Crippen molar-refractivity contribution in [2.45, 2.75) is 25.7 Å². The topological polar surface area (TPSA) is 0 Å². The average Bonchev–Trinajstić information content (AvgIpc) is 2.00. The summed E-state index contributed by atoms with van der Waals surface area (Å²) in [6.45, 7) is 0. The molecule has 0 aromatic heterocycles. The van der Waals surface area contributed by atoms with Crippen molar-refractivity contribution >= 4 is 0 Å². The fraction of sp³-hybridized carbons (Fsp3) is 0.444. The number of hydrogen-bond donors (Lipinski definition) is 0. The van der Waals surface area contributed by atoms with Crippen molar-refractivity contribution < 1.29 is 0 Å². The minimum atomic E-state index is 1.19. The summed E-state index contributed by atoms with van der Waals surface area (Å²) in [5.41, 5.74) is 3.09. The van der Waals surface area contributed by atoms with Gasteiger partial charge in [0.2, 0.25) is 0 Å². The van der Waals surface area contributed by atoms with E-state index in [0.717, 1.165) is 0 Å². The summed E-state index contributed by atoms with van der Waals surface area (Å²) in [5, 5.41) is 0. The number of rotatable bonds is 0. The molecule has 0 aromatic rings. The Morgan fingerprint density at radius 2 is 2.00 bits per heavy atom. The monoisotopic (exact) mass is 120 g/mol. The van der Waals surface area contributed by atoms with Crippen molar-refractivity contribution in [2.24, 2.45) is 0 Å². The third-order valence-corrected chi connectivity index (χ3v) is 1.42. The van der Waals surface area contributed by atoms with Crippen LogP contribution in [0.15, 0.2) is 30.0 Å². The Labute approximate surface area is 56.6 Å². The molecule has 0 aromatic carbocycles. The Hall–Kier alpha value is -0.740. The van der Waals surface area contributed by atoms with E-state index in [1.54, 1.807) is 0 Å². The van der Waals surface area contributed by atoms with Gasteiger partial charge in [-0.1, -0.05) is 12.2 Å². The lowest BCUT2D eigenvalue weighted by molar-refractivity contribution is 0.763. The number of hydrogen-bond acceptors (Lipinski definition) is 0. The lowest BCUT2D eigenvalue weighted by Gasteiger charge is -1.88. The third kappa shape index (κ3) is 2.94. The molecule has 0 nitrogen and oxygen atoms in total. The van der Waals surface area contributed by atoms with Crippen LogP contribution in [-0.2, 0) is 0 Å². The van der Waals surface area contributed by atoms with Crippen LogP contribution in [-0.4, -0.2) is 0 Å². The average molecular weight is 120 g/mol. The summed E-state index contributed by atoms with van der Waals surface area (Å²) >= 11 is 0. The quantitative estimate of drug-likeness (QED) is 0.431. The summed E-state index contributed by atoms with van der Waals surface area (Å²) in [6.07, 6.45) is 13.4. The van der Waals surface area contributed by atoms with E-state index >= 15 is 0 Å². The predicted octanol–water partition coefficient (Wildman–Crippen LogP) is 2.83. The first-order valence-corrected chi connectivity index (χ1v) is 3.56. The molecule has 0 N–H and O–H groups in total. The molecule has 0 aliphatic heterocycles. The molecule has 0 heterocycles. The molecule has 48 valence electrons. The largest absolute Gasteiger partial charge is 0.125 e. The van der Waals surface area contributed by atoms with Gasteiger partial charge in [-0.2, -0.15) is 0 Å². The van der Waals surface area contributed by atoms with Crippen LogP contribution in [0.25, 0.3) is 0 Å². The zero-order chi connectivity index (χ0) is 6.36. The van der Waals surface area contributed by atoms with Crippen LogP contribution in [0.5, 0.6) is 0 Å². The Kier molecular flexibility index (Phi) is 2.96. The Morgan fingerprint density at radius 1 is 1.11 bits per heavy atom. The van der Waals surface area contributed by atoms with Gasteiger partial charge in [0.25, 0.3) is 0 Å².